The van der Waals surface area contributed by atoms with Gasteiger partial charge in [-0.05, 0) is 42.0 Å². The first kappa shape index (κ1) is 23.9. The molecule has 6 heteroatoms. The first-order valence-corrected chi connectivity index (χ1v) is 11.7. The summed E-state index contributed by atoms with van der Waals surface area (Å²) in [6.07, 6.45) is 6.05. The van der Waals surface area contributed by atoms with Crippen LogP contribution in [0.15, 0.2) is 48.8 Å². The zero-order valence-electron chi connectivity index (χ0n) is 19.7. The number of rotatable bonds is 4. The number of carbonyl (C=O) groups excluding carboxylic acids is 2. The van der Waals surface area contributed by atoms with Gasteiger partial charge in [0.2, 0.25) is 11.8 Å². The van der Waals surface area contributed by atoms with Gasteiger partial charge in [0, 0.05) is 70.7 Å². The molecule has 0 N–H and O–H groups in total. The Morgan fingerprint density at radius 2 is 1.75 bits per heavy atom. The maximum Gasteiger partial charge on any atom is 0.223 e. The molecule has 1 aromatic carbocycles. The van der Waals surface area contributed by atoms with E-state index in [2.05, 4.69) is 29.8 Å². The van der Waals surface area contributed by atoms with Crippen molar-refractivity contribution in [3.8, 4) is 0 Å². The van der Waals surface area contributed by atoms with Crippen LogP contribution in [0.4, 0.5) is 5.69 Å². The highest BCUT2D eigenvalue weighted by molar-refractivity contribution is 5.92. The van der Waals surface area contributed by atoms with Crippen LogP contribution in [0.3, 0.4) is 0 Å². The molecule has 0 atom stereocenters. The van der Waals surface area contributed by atoms with Gasteiger partial charge in [0.05, 0.1) is 0 Å². The van der Waals surface area contributed by atoms with E-state index in [0.717, 1.165) is 43.7 Å². The molecule has 0 saturated heterocycles. The Morgan fingerprint density at radius 1 is 1.00 bits per heavy atom. The van der Waals surface area contributed by atoms with Gasteiger partial charge in [-0.1, -0.05) is 38.1 Å². The fraction of sp³-hybridized carbons (Fsp3) is 0.500. The molecule has 1 aromatic heterocycles. The molecular weight excluding hydrogens is 400 g/mol. The Bertz CT molecular complexity index is 884. The van der Waals surface area contributed by atoms with E-state index >= 15 is 0 Å². The van der Waals surface area contributed by atoms with Crippen molar-refractivity contribution in [2.75, 3.05) is 31.1 Å². The molecular formula is C26H36N4O2. The summed E-state index contributed by atoms with van der Waals surface area (Å²) in [6.45, 7) is 10.3. The topological polar surface area (TPSA) is 56.8 Å². The summed E-state index contributed by atoms with van der Waals surface area (Å²) >= 11 is 0. The van der Waals surface area contributed by atoms with Crippen molar-refractivity contribution in [2.24, 2.45) is 5.92 Å². The molecule has 172 valence electrons. The number of anilines is 1. The van der Waals surface area contributed by atoms with Crippen molar-refractivity contribution >= 4 is 17.5 Å². The van der Waals surface area contributed by atoms with Crippen molar-refractivity contribution in [2.45, 2.75) is 53.1 Å². The van der Waals surface area contributed by atoms with Crippen LogP contribution < -0.4 is 4.90 Å². The van der Waals surface area contributed by atoms with Crippen LogP contribution in [0.1, 0.15) is 51.2 Å². The van der Waals surface area contributed by atoms with Gasteiger partial charge < -0.3 is 9.80 Å². The number of pyridine rings is 1. The molecule has 2 aromatic rings. The van der Waals surface area contributed by atoms with Crippen LogP contribution in [0.2, 0.25) is 0 Å². The molecule has 0 bridgehead atoms. The third kappa shape index (κ3) is 6.89. The summed E-state index contributed by atoms with van der Waals surface area (Å²) in [4.78, 5) is 36.1. The molecule has 0 radical (unpaired) electrons. The molecule has 2 amide bonds. The Balaban J connectivity index is 1.85. The minimum atomic E-state index is 0.0355. The van der Waals surface area contributed by atoms with Gasteiger partial charge in [0.15, 0.2) is 0 Å². The summed E-state index contributed by atoms with van der Waals surface area (Å²) in [5.41, 5.74) is 3.13. The fourth-order valence-corrected chi connectivity index (χ4v) is 4.29. The van der Waals surface area contributed by atoms with Crippen LogP contribution in [0, 0.1) is 5.92 Å². The van der Waals surface area contributed by atoms with Crippen LogP contribution in [-0.2, 0) is 22.7 Å². The van der Waals surface area contributed by atoms with E-state index in [0.29, 0.717) is 32.0 Å². The monoisotopic (exact) mass is 436 g/mol. The van der Waals surface area contributed by atoms with Gasteiger partial charge in [0.1, 0.15) is 0 Å². The summed E-state index contributed by atoms with van der Waals surface area (Å²) in [5.74, 6) is 0.531. The lowest BCUT2D eigenvalue weighted by Crippen LogP contribution is -2.38. The average molecular weight is 437 g/mol. The SMILES string of the molecule is CC(=O)N1CCCN(Cc2cccnc2)CCCN(C(=O)CC(C)C)Cc2ccccc21. The van der Waals surface area contributed by atoms with Crippen molar-refractivity contribution < 1.29 is 9.59 Å². The van der Waals surface area contributed by atoms with Crippen molar-refractivity contribution in [3.05, 3.63) is 59.9 Å². The zero-order valence-corrected chi connectivity index (χ0v) is 19.7. The van der Waals surface area contributed by atoms with Gasteiger partial charge in [-0.15, -0.1) is 0 Å². The lowest BCUT2D eigenvalue weighted by atomic mass is 10.1. The lowest BCUT2D eigenvalue weighted by molar-refractivity contribution is -0.132. The molecule has 0 unspecified atom stereocenters. The summed E-state index contributed by atoms with van der Waals surface area (Å²) in [5, 5.41) is 0. The molecule has 1 aliphatic heterocycles. The molecule has 2 heterocycles. The van der Waals surface area contributed by atoms with Crippen LogP contribution in [-0.4, -0.2) is 52.8 Å². The first-order chi connectivity index (χ1) is 15.4. The van der Waals surface area contributed by atoms with Gasteiger partial charge in [-0.2, -0.15) is 0 Å². The maximum atomic E-state index is 13.0. The highest BCUT2D eigenvalue weighted by atomic mass is 16.2. The van der Waals surface area contributed by atoms with E-state index < -0.39 is 0 Å². The predicted octanol–water partition coefficient (Wildman–Crippen LogP) is 4.11. The fourth-order valence-electron chi connectivity index (χ4n) is 4.29. The number of nitrogens with zero attached hydrogens (tertiary/aromatic N) is 4. The number of amides is 2. The second-order valence-corrected chi connectivity index (χ2v) is 9.06. The molecule has 1 aliphatic rings. The van der Waals surface area contributed by atoms with E-state index in [1.54, 1.807) is 13.1 Å². The maximum absolute atomic E-state index is 13.0. The number of para-hydroxylation sites is 1. The largest absolute Gasteiger partial charge is 0.338 e. The number of aromatic nitrogens is 1. The van der Waals surface area contributed by atoms with E-state index in [1.165, 1.54) is 5.56 Å². The number of hydrogen-bond donors (Lipinski definition) is 0. The first-order valence-electron chi connectivity index (χ1n) is 11.7. The third-order valence-corrected chi connectivity index (χ3v) is 5.85. The van der Waals surface area contributed by atoms with Gasteiger partial charge in [0.25, 0.3) is 0 Å². The highest BCUT2D eigenvalue weighted by Crippen LogP contribution is 2.24. The van der Waals surface area contributed by atoms with E-state index in [1.807, 2.05) is 46.3 Å². The number of benzene rings is 1. The molecule has 0 spiro atoms. The third-order valence-electron chi connectivity index (χ3n) is 5.85. The Labute approximate surface area is 192 Å². The zero-order chi connectivity index (χ0) is 22.9. The second-order valence-electron chi connectivity index (χ2n) is 9.06. The molecule has 0 aliphatic carbocycles. The highest BCUT2D eigenvalue weighted by Gasteiger charge is 2.21. The number of fused-ring (bicyclic) bond motifs is 1. The average Bonchev–Trinajstić information content (AvgIpc) is 2.75. The number of carbonyl (C=O) groups is 2. The van der Waals surface area contributed by atoms with Crippen LogP contribution >= 0.6 is 0 Å². The normalized spacial score (nSPS) is 16.2. The van der Waals surface area contributed by atoms with Crippen LogP contribution in [0.25, 0.3) is 0 Å². The Kier molecular flexibility index (Phi) is 8.80. The molecule has 0 saturated carbocycles. The molecule has 0 fully saturated rings. The molecule has 32 heavy (non-hydrogen) atoms. The minimum absolute atomic E-state index is 0.0355. The predicted molar refractivity (Wildman–Crippen MR) is 128 cm³/mol. The summed E-state index contributed by atoms with van der Waals surface area (Å²) in [7, 11) is 0. The van der Waals surface area contributed by atoms with Gasteiger partial charge in [-0.3, -0.25) is 19.5 Å². The van der Waals surface area contributed by atoms with E-state index in [9.17, 15) is 9.59 Å². The second kappa shape index (κ2) is 11.8. The number of hydrogen-bond acceptors (Lipinski definition) is 4. The molecule has 6 nitrogen and oxygen atoms in total. The van der Waals surface area contributed by atoms with Crippen molar-refractivity contribution in [3.63, 3.8) is 0 Å². The Hall–Kier alpha value is -2.73. The summed E-state index contributed by atoms with van der Waals surface area (Å²) < 4.78 is 0. The summed E-state index contributed by atoms with van der Waals surface area (Å²) in [6, 6.07) is 12.1. The van der Waals surface area contributed by atoms with Crippen molar-refractivity contribution in [1.82, 2.24) is 14.8 Å². The Morgan fingerprint density at radius 3 is 2.44 bits per heavy atom. The lowest BCUT2D eigenvalue weighted by Gasteiger charge is -2.31. The van der Waals surface area contributed by atoms with Crippen LogP contribution in [0.5, 0.6) is 0 Å². The minimum Gasteiger partial charge on any atom is -0.338 e. The quantitative estimate of drug-likeness (QED) is 0.724. The van der Waals surface area contributed by atoms with Crippen molar-refractivity contribution in [1.29, 1.82) is 0 Å². The van der Waals surface area contributed by atoms with Gasteiger partial charge >= 0.3 is 0 Å². The molecule has 3 rings (SSSR count). The van der Waals surface area contributed by atoms with E-state index in [-0.39, 0.29) is 11.8 Å². The smallest absolute Gasteiger partial charge is 0.223 e. The standard InChI is InChI=1S/C26H36N4O2/c1-21(2)17-26(32)29-15-7-13-28(19-23-9-6-12-27-18-23)14-8-16-30(22(3)31)25-11-5-4-10-24(25)20-29/h4-6,9-12,18,21H,7-8,13-17,19-20H2,1-3H3. The van der Waals surface area contributed by atoms with E-state index in [4.69, 9.17) is 0 Å². The van der Waals surface area contributed by atoms with Gasteiger partial charge in [-0.25, -0.2) is 0 Å².